The molecule has 2 amide bonds. The summed E-state index contributed by atoms with van der Waals surface area (Å²) < 4.78 is 0. The number of rotatable bonds is 6. The van der Waals surface area contributed by atoms with Gasteiger partial charge in [-0.2, -0.15) is 0 Å². The summed E-state index contributed by atoms with van der Waals surface area (Å²) >= 11 is 6.04. The highest BCUT2D eigenvalue weighted by atomic mass is 35.5. The molecule has 104 valence electrons. The van der Waals surface area contributed by atoms with Crippen LogP contribution in [0.15, 0.2) is 18.2 Å². The van der Waals surface area contributed by atoms with Crippen molar-refractivity contribution in [2.45, 2.75) is 13.5 Å². The topological polar surface area (TPSA) is 75.4 Å². The summed E-state index contributed by atoms with van der Waals surface area (Å²) in [6, 6.07) is 4.87. The zero-order valence-corrected chi connectivity index (χ0v) is 11.8. The summed E-state index contributed by atoms with van der Waals surface area (Å²) in [6.45, 7) is 3.30. The Hall–Kier alpha value is -1.59. The fourth-order valence-electron chi connectivity index (χ4n) is 1.46. The van der Waals surface area contributed by atoms with Crippen molar-refractivity contribution in [3.05, 3.63) is 34.3 Å². The molecule has 0 unspecified atom stereocenters. The average Bonchev–Trinajstić information content (AvgIpc) is 2.39. The Morgan fingerprint density at radius 3 is 2.63 bits per heavy atom. The molecule has 3 N–H and O–H groups in total. The Balaban J connectivity index is 2.55. The Morgan fingerprint density at radius 2 is 2.11 bits per heavy atom. The van der Waals surface area contributed by atoms with Crippen molar-refractivity contribution in [1.29, 1.82) is 0 Å². The summed E-state index contributed by atoms with van der Waals surface area (Å²) in [4.78, 5) is 24.2. The van der Waals surface area contributed by atoms with E-state index in [1.807, 2.05) is 6.92 Å². The summed E-state index contributed by atoms with van der Waals surface area (Å²) in [5.74, 6) is -0.492. The second-order valence-corrected chi connectivity index (χ2v) is 4.59. The summed E-state index contributed by atoms with van der Waals surface area (Å²) in [6.07, 6.45) is 0. The number of benzene rings is 1. The van der Waals surface area contributed by atoms with Gasteiger partial charge in [-0.15, -0.1) is 0 Å². The number of nitrogens with zero attached hydrogens (tertiary/aromatic N) is 1. The van der Waals surface area contributed by atoms with Gasteiger partial charge in [-0.3, -0.25) is 9.59 Å². The van der Waals surface area contributed by atoms with Gasteiger partial charge in [-0.1, -0.05) is 17.7 Å². The number of likely N-dealkylation sites (N-methyl/N-ethyl adjacent to an activating group) is 1. The van der Waals surface area contributed by atoms with Crippen LogP contribution < -0.4 is 11.1 Å². The first-order chi connectivity index (χ1) is 8.95. The highest BCUT2D eigenvalue weighted by Gasteiger charge is 2.08. The quantitative estimate of drug-likeness (QED) is 0.818. The van der Waals surface area contributed by atoms with E-state index in [9.17, 15) is 9.59 Å². The van der Waals surface area contributed by atoms with E-state index in [1.54, 1.807) is 24.1 Å². The molecule has 1 rings (SSSR count). The predicted molar refractivity (Wildman–Crippen MR) is 75.0 cm³/mol. The van der Waals surface area contributed by atoms with E-state index in [2.05, 4.69) is 5.32 Å². The van der Waals surface area contributed by atoms with E-state index >= 15 is 0 Å². The van der Waals surface area contributed by atoms with Crippen LogP contribution in [-0.2, 0) is 11.3 Å². The minimum Gasteiger partial charge on any atom is -0.366 e. The van der Waals surface area contributed by atoms with Gasteiger partial charge in [0.2, 0.25) is 11.8 Å². The van der Waals surface area contributed by atoms with Crippen molar-refractivity contribution in [3.63, 3.8) is 0 Å². The number of hydrogen-bond acceptors (Lipinski definition) is 3. The lowest BCUT2D eigenvalue weighted by Gasteiger charge is -2.15. The number of nitrogens with two attached hydrogens (primary N) is 1. The van der Waals surface area contributed by atoms with E-state index in [1.165, 1.54) is 6.07 Å². The smallest absolute Gasteiger partial charge is 0.248 e. The molecule has 1 aromatic rings. The standard InChI is InChI=1S/C13H18ClN3O2/c1-3-17(2)12(18)8-16-7-10-5-4-9(13(15)19)6-11(10)14/h4-6,16H,3,7-8H2,1-2H3,(H2,15,19). The number of halogens is 1. The van der Waals surface area contributed by atoms with E-state index in [4.69, 9.17) is 17.3 Å². The summed E-state index contributed by atoms with van der Waals surface area (Å²) in [7, 11) is 1.75. The van der Waals surface area contributed by atoms with Crippen LogP contribution in [-0.4, -0.2) is 36.9 Å². The molecule has 6 heteroatoms. The summed E-state index contributed by atoms with van der Waals surface area (Å²) in [5, 5.41) is 3.47. The normalized spacial score (nSPS) is 10.3. The number of carbonyl (C=O) groups excluding carboxylic acids is 2. The molecule has 5 nitrogen and oxygen atoms in total. The maximum atomic E-state index is 11.6. The molecule has 0 fully saturated rings. The van der Waals surface area contributed by atoms with Crippen LogP contribution in [0.3, 0.4) is 0 Å². The van der Waals surface area contributed by atoms with Gasteiger partial charge in [-0.25, -0.2) is 0 Å². The van der Waals surface area contributed by atoms with Gasteiger partial charge in [0.15, 0.2) is 0 Å². The van der Waals surface area contributed by atoms with Crippen molar-refractivity contribution in [2.24, 2.45) is 5.73 Å². The molecule has 0 aromatic heterocycles. The predicted octanol–water partition coefficient (Wildman–Crippen LogP) is 1.01. The first kappa shape index (κ1) is 15.5. The van der Waals surface area contributed by atoms with Gasteiger partial charge in [0.05, 0.1) is 6.54 Å². The molecule has 1 aromatic carbocycles. The first-order valence-corrected chi connectivity index (χ1v) is 6.36. The first-order valence-electron chi connectivity index (χ1n) is 5.98. The minimum absolute atomic E-state index is 0.0207. The van der Waals surface area contributed by atoms with Crippen molar-refractivity contribution >= 4 is 23.4 Å². The SMILES string of the molecule is CCN(C)C(=O)CNCc1ccc(C(N)=O)cc1Cl. The Labute approximate surface area is 117 Å². The number of carbonyl (C=O) groups is 2. The van der Waals surface area contributed by atoms with Crippen LogP contribution in [0.1, 0.15) is 22.8 Å². The Morgan fingerprint density at radius 1 is 1.42 bits per heavy atom. The molecule has 19 heavy (non-hydrogen) atoms. The van der Waals surface area contributed by atoms with Gasteiger partial charge in [-0.05, 0) is 24.6 Å². The zero-order chi connectivity index (χ0) is 14.4. The molecule has 0 spiro atoms. The molecule has 0 saturated heterocycles. The van der Waals surface area contributed by atoms with Gasteiger partial charge < -0.3 is 16.0 Å². The third-order valence-corrected chi connectivity index (χ3v) is 3.18. The molecular formula is C13H18ClN3O2. The van der Waals surface area contributed by atoms with Crippen molar-refractivity contribution in [2.75, 3.05) is 20.1 Å². The molecule has 0 radical (unpaired) electrons. The van der Waals surface area contributed by atoms with Crippen LogP contribution in [0.4, 0.5) is 0 Å². The van der Waals surface area contributed by atoms with Crippen LogP contribution in [0, 0.1) is 0 Å². The molecule has 0 aliphatic carbocycles. The Bertz CT molecular complexity index is 477. The van der Waals surface area contributed by atoms with Crippen LogP contribution in [0.25, 0.3) is 0 Å². The second kappa shape index (κ2) is 7.11. The molecule has 0 aliphatic rings. The third-order valence-electron chi connectivity index (χ3n) is 2.83. The monoisotopic (exact) mass is 283 g/mol. The third kappa shape index (κ3) is 4.54. The lowest BCUT2D eigenvalue weighted by molar-refractivity contribution is -0.128. The molecule has 0 saturated carbocycles. The lowest BCUT2D eigenvalue weighted by atomic mass is 10.1. The van der Waals surface area contributed by atoms with Crippen LogP contribution in [0.2, 0.25) is 5.02 Å². The largest absolute Gasteiger partial charge is 0.366 e. The van der Waals surface area contributed by atoms with Gasteiger partial charge in [0.1, 0.15) is 0 Å². The molecule has 0 atom stereocenters. The summed E-state index contributed by atoms with van der Waals surface area (Å²) in [5.41, 5.74) is 6.35. The maximum absolute atomic E-state index is 11.6. The van der Waals surface area contributed by atoms with Crippen LogP contribution >= 0.6 is 11.6 Å². The van der Waals surface area contributed by atoms with E-state index < -0.39 is 5.91 Å². The second-order valence-electron chi connectivity index (χ2n) is 4.18. The fraction of sp³-hybridized carbons (Fsp3) is 0.385. The highest BCUT2D eigenvalue weighted by Crippen LogP contribution is 2.17. The fourth-order valence-corrected chi connectivity index (χ4v) is 1.71. The van der Waals surface area contributed by atoms with Gasteiger partial charge in [0.25, 0.3) is 0 Å². The van der Waals surface area contributed by atoms with E-state index in [0.717, 1.165) is 5.56 Å². The number of amides is 2. The van der Waals surface area contributed by atoms with Crippen molar-refractivity contribution in [1.82, 2.24) is 10.2 Å². The van der Waals surface area contributed by atoms with Crippen molar-refractivity contribution < 1.29 is 9.59 Å². The number of hydrogen-bond donors (Lipinski definition) is 2. The molecule has 0 bridgehead atoms. The zero-order valence-electron chi connectivity index (χ0n) is 11.1. The van der Waals surface area contributed by atoms with Crippen LogP contribution in [0.5, 0.6) is 0 Å². The highest BCUT2D eigenvalue weighted by molar-refractivity contribution is 6.31. The van der Waals surface area contributed by atoms with E-state index in [0.29, 0.717) is 23.7 Å². The van der Waals surface area contributed by atoms with Gasteiger partial charge in [0, 0.05) is 30.7 Å². The maximum Gasteiger partial charge on any atom is 0.248 e. The minimum atomic E-state index is -0.513. The lowest BCUT2D eigenvalue weighted by Crippen LogP contribution is -2.35. The Kier molecular flexibility index (Phi) is 5.79. The molecular weight excluding hydrogens is 266 g/mol. The average molecular weight is 284 g/mol. The molecule has 0 aliphatic heterocycles. The molecule has 0 heterocycles. The number of nitrogens with one attached hydrogen (secondary N) is 1. The van der Waals surface area contributed by atoms with Crippen molar-refractivity contribution in [3.8, 4) is 0 Å². The number of primary amides is 1. The van der Waals surface area contributed by atoms with E-state index in [-0.39, 0.29) is 12.5 Å². The van der Waals surface area contributed by atoms with Gasteiger partial charge >= 0.3 is 0 Å².